The Morgan fingerprint density at radius 3 is 1.16 bits per heavy atom. The fourth-order valence-electron chi connectivity index (χ4n) is 4.43. The Morgan fingerprint density at radius 2 is 0.912 bits per heavy atom. The normalized spacial score (nSPS) is 13.4. The third kappa shape index (κ3) is 31.9. The number of hydrogen-bond acceptors (Lipinski definition) is 13. The van der Waals surface area contributed by atoms with Crippen LogP contribution in [0.2, 0.25) is 0 Å². The number of rotatable bonds is 24. The Balaban J connectivity index is -0.000000539. The number of amides is 3. The van der Waals surface area contributed by atoms with Crippen molar-refractivity contribution in [2.24, 2.45) is 5.73 Å². The first-order chi connectivity index (χ1) is 30.1. The van der Waals surface area contributed by atoms with Crippen LogP contribution in [0.15, 0.2) is 0 Å². The average Bonchev–Trinajstić information content (AvgIpc) is 3.14. The van der Waals surface area contributed by atoms with Crippen molar-refractivity contribution in [2.75, 3.05) is 47.1 Å². The number of ketones is 2. The van der Waals surface area contributed by atoms with E-state index in [4.69, 9.17) is 19.9 Å². The molecule has 0 aromatic carbocycles. The van der Waals surface area contributed by atoms with E-state index in [1.165, 1.54) is 48.8 Å². The number of unbranched alkanes of at least 4 members (excludes halogenated alkanes) is 2. The first-order valence-electron chi connectivity index (χ1n) is 20.2. The first kappa shape index (κ1) is 70.5. The highest BCUT2D eigenvalue weighted by molar-refractivity contribution is 5.93. The minimum absolute atomic E-state index is 0. The molecular weight excluding hydrogens is 956 g/mol. The molecule has 0 aliphatic carbocycles. The molecule has 0 aliphatic heterocycles. The van der Waals surface area contributed by atoms with Crippen molar-refractivity contribution in [1.29, 1.82) is 0 Å². The standard InChI is InChI=1S/C20H32F6N2O6.C15H24F6N2O4.C4H8O2.CH4/c1-17(2,3)34-16(31)27-10-8-7-9-12(28-15(30)18(4,5)32-6)13(29)11-33-14(19(21,22)23)20(24,25)26;1-13(2,26-3)12(25)23-9(6-4-5-7-22)10(24)8-27-11(14(16,17)18)15(19,20)21;1-3-6-4(2)5;/h12,14H,7-11H2,1-6H3,(H,27,31)(H,28,30);9,11H,4-8,22H2,1-3H3,(H,23,25);3H2,1-2H3;1H4/t12-;9-;;/m00../s1. The molecule has 0 spiro atoms. The van der Waals surface area contributed by atoms with E-state index in [0.717, 1.165) is 0 Å². The molecule has 3 amide bonds. The molecule has 0 saturated carbocycles. The van der Waals surface area contributed by atoms with Crippen LogP contribution in [0.1, 0.15) is 108 Å². The molecule has 2 atom stereocenters. The van der Waals surface area contributed by atoms with E-state index in [-0.39, 0.29) is 52.2 Å². The van der Waals surface area contributed by atoms with E-state index in [2.05, 4.69) is 30.2 Å². The zero-order valence-electron chi connectivity index (χ0n) is 39.1. The van der Waals surface area contributed by atoms with E-state index >= 15 is 0 Å². The summed E-state index contributed by atoms with van der Waals surface area (Å²) in [6.07, 6.45) is -30.9. The van der Waals surface area contributed by atoms with Crippen molar-refractivity contribution in [3.63, 3.8) is 0 Å². The van der Waals surface area contributed by atoms with Gasteiger partial charge < -0.3 is 50.1 Å². The van der Waals surface area contributed by atoms with Crippen LogP contribution in [0.4, 0.5) is 57.5 Å². The van der Waals surface area contributed by atoms with Crippen molar-refractivity contribution in [3.05, 3.63) is 0 Å². The number of halogens is 12. The van der Waals surface area contributed by atoms with Crippen molar-refractivity contribution in [1.82, 2.24) is 16.0 Å². The molecule has 0 rings (SSSR count). The number of alkyl halides is 12. The van der Waals surface area contributed by atoms with Crippen LogP contribution < -0.4 is 21.7 Å². The van der Waals surface area contributed by atoms with Gasteiger partial charge in [-0.3, -0.25) is 24.0 Å². The third-order valence-corrected chi connectivity index (χ3v) is 8.36. The lowest BCUT2D eigenvalue weighted by Crippen LogP contribution is -2.52. The molecule has 404 valence electrons. The maximum atomic E-state index is 12.6. The minimum Gasteiger partial charge on any atom is -0.466 e. The number of alkyl carbamates (subject to hydrolysis) is 1. The summed E-state index contributed by atoms with van der Waals surface area (Å²) < 4.78 is 178. The predicted octanol–water partition coefficient (Wildman–Crippen LogP) is 6.98. The molecule has 0 unspecified atom stereocenters. The molecule has 0 aromatic heterocycles. The van der Waals surface area contributed by atoms with Gasteiger partial charge in [0.05, 0.1) is 18.7 Å². The summed E-state index contributed by atoms with van der Waals surface area (Å²) in [5.74, 6) is -4.06. The van der Waals surface area contributed by atoms with E-state index in [1.807, 2.05) is 0 Å². The van der Waals surface area contributed by atoms with Crippen molar-refractivity contribution >= 4 is 35.4 Å². The number of Topliss-reactive ketones (excluding diaryl/α,β-unsaturated/α-hetero) is 2. The van der Waals surface area contributed by atoms with Crippen molar-refractivity contribution in [2.45, 2.75) is 174 Å². The quantitative estimate of drug-likeness (QED) is 0.0436. The fraction of sp³-hybridized carbons (Fsp3) is 0.850. The molecule has 0 bridgehead atoms. The van der Waals surface area contributed by atoms with Gasteiger partial charge in [-0.1, -0.05) is 7.43 Å². The highest BCUT2D eigenvalue weighted by atomic mass is 19.4. The fourth-order valence-corrected chi connectivity index (χ4v) is 4.43. The van der Waals surface area contributed by atoms with Crippen molar-refractivity contribution in [3.8, 4) is 0 Å². The molecule has 0 aromatic rings. The summed E-state index contributed by atoms with van der Waals surface area (Å²) in [7, 11) is 2.43. The first-order valence-corrected chi connectivity index (χ1v) is 20.2. The second kappa shape index (κ2) is 31.3. The predicted molar refractivity (Wildman–Crippen MR) is 220 cm³/mol. The zero-order valence-corrected chi connectivity index (χ0v) is 39.1. The zero-order chi connectivity index (χ0) is 53.4. The van der Waals surface area contributed by atoms with Crippen LogP contribution in [0.25, 0.3) is 0 Å². The van der Waals surface area contributed by atoms with E-state index < -0.39 is 108 Å². The van der Waals surface area contributed by atoms with Gasteiger partial charge in [0.15, 0.2) is 11.6 Å². The summed E-state index contributed by atoms with van der Waals surface area (Å²) >= 11 is 0. The van der Waals surface area contributed by atoms with E-state index in [1.54, 1.807) is 27.7 Å². The van der Waals surface area contributed by atoms with Crippen molar-refractivity contribution < 1.29 is 110 Å². The third-order valence-electron chi connectivity index (χ3n) is 8.36. The number of carbonyl (C=O) groups is 6. The molecule has 0 saturated heterocycles. The Kier molecular flexibility index (Phi) is 32.4. The summed E-state index contributed by atoms with van der Waals surface area (Å²) in [5.41, 5.74) is 1.82. The summed E-state index contributed by atoms with van der Waals surface area (Å²) in [4.78, 5) is 70.3. The molecule has 0 fully saturated rings. The van der Waals surface area contributed by atoms with Crippen LogP contribution in [-0.2, 0) is 52.4 Å². The molecule has 28 heteroatoms. The van der Waals surface area contributed by atoms with Gasteiger partial charge in [-0.05, 0) is 100 Å². The molecular formula is C40H68F12N4O12. The lowest BCUT2D eigenvalue weighted by atomic mass is 10.0. The molecule has 5 N–H and O–H groups in total. The van der Waals surface area contributed by atoms with Crippen LogP contribution in [0.5, 0.6) is 0 Å². The lowest BCUT2D eigenvalue weighted by Gasteiger charge is -2.27. The number of methoxy groups -OCH3 is 2. The topological polar surface area (TPSA) is 220 Å². The number of hydrogen-bond donors (Lipinski definition) is 4. The molecule has 68 heavy (non-hydrogen) atoms. The maximum Gasteiger partial charge on any atom is 0.423 e. The van der Waals surface area contributed by atoms with Gasteiger partial charge in [0.2, 0.25) is 12.2 Å². The molecule has 0 aliphatic rings. The number of nitrogens with one attached hydrogen (secondary N) is 3. The van der Waals surface area contributed by atoms with Crippen LogP contribution in [-0.4, -0.2) is 148 Å². The largest absolute Gasteiger partial charge is 0.466 e. The molecule has 0 heterocycles. The number of carbonyl (C=O) groups excluding carboxylic acids is 6. The smallest absolute Gasteiger partial charge is 0.423 e. The number of nitrogens with two attached hydrogens (primary N) is 1. The Bertz CT molecular complexity index is 1490. The van der Waals surface area contributed by atoms with Gasteiger partial charge in [-0.25, -0.2) is 4.79 Å². The maximum absolute atomic E-state index is 12.6. The second-order valence-corrected chi connectivity index (χ2v) is 16.1. The van der Waals surface area contributed by atoms with Crippen LogP contribution in [0, 0.1) is 0 Å². The highest BCUT2D eigenvalue weighted by Gasteiger charge is 2.59. The lowest BCUT2D eigenvalue weighted by molar-refractivity contribution is -0.320. The number of esters is 1. The van der Waals surface area contributed by atoms with Gasteiger partial charge in [0.25, 0.3) is 11.8 Å². The molecule has 0 radical (unpaired) electrons. The van der Waals surface area contributed by atoms with E-state index in [0.29, 0.717) is 19.4 Å². The Hall–Kier alpha value is -4.02. The Labute approximate surface area is 388 Å². The van der Waals surface area contributed by atoms with Gasteiger partial charge >= 0.3 is 36.8 Å². The number of ether oxygens (including phenoxy) is 6. The van der Waals surface area contributed by atoms with Gasteiger partial charge in [-0.2, -0.15) is 52.7 Å². The second-order valence-electron chi connectivity index (χ2n) is 16.1. The highest BCUT2D eigenvalue weighted by Crippen LogP contribution is 2.37. The van der Waals surface area contributed by atoms with Gasteiger partial charge in [0.1, 0.15) is 30.0 Å². The summed E-state index contributed by atoms with van der Waals surface area (Å²) in [5, 5.41) is 7.00. The monoisotopic (exact) mass is 1020 g/mol. The van der Waals surface area contributed by atoms with Crippen LogP contribution in [0.3, 0.4) is 0 Å². The van der Waals surface area contributed by atoms with E-state index in [9.17, 15) is 81.5 Å². The average molecular weight is 1020 g/mol. The Morgan fingerprint density at radius 1 is 0.574 bits per heavy atom. The minimum atomic E-state index is -5.78. The van der Waals surface area contributed by atoms with Gasteiger partial charge in [-0.15, -0.1) is 0 Å². The van der Waals surface area contributed by atoms with Crippen LogP contribution >= 0.6 is 0 Å². The summed E-state index contributed by atoms with van der Waals surface area (Å²) in [6.45, 7) is 11.5. The summed E-state index contributed by atoms with van der Waals surface area (Å²) in [6, 6.07) is -2.77. The SMILES string of the molecule is C.CCOC(C)=O.COC(C)(C)C(=O)N[C@@H](CCCCN)C(=O)COC(C(F)(F)F)C(F)(F)F.COC(C)(C)C(=O)N[C@@H](CCCCNC(=O)OC(C)(C)C)C(=O)COC(C(F)(F)F)C(F)(F)F. The van der Waals surface area contributed by atoms with Gasteiger partial charge in [0, 0.05) is 27.7 Å². The molecule has 16 nitrogen and oxygen atoms in total.